The second kappa shape index (κ2) is 10.0. The molecule has 1 saturated heterocycles. The van der Waals surface area contributed by atoms with Gasteiger partial charge in [-0.25, -0.2) is 10.2 Å². The van der Waals surface area contributed by atoms with E-state index in [1.165, 1.54) is 12.3 Å². The van der Waals surface area contributed by atoms with Crippen LogP contribution in [0.4, 0.5) is 23.5 Å². The molecule has 3 N–H and O–H groups in total. The van der Waals surface area contributed by atoms with E-state index in [1.54, 1.807) is 30.3 Å². The molecule has 0 unspecified atom stereocenters. The third-order valence-corrected chi connectivity index (χ3v) is 5.42. The maximum absolute atomic E-state index is 11.2. The molecular formula is C25H23N7O3. The van der Waals surface area contributed by atoms with Gasteiger partial charge in [0.15, 0.2) is 0 Å². The lowest BCUT2D eigenvalue weighted by Crippen LogP contribution is -2.21. The topological polar surface area (TPSA) is 129 Å². The minimum absolute atomic E-state index is 0.194. The zero-order valence-corrected chi connectivity index (χ0v) is 18.8. The zero-order chi connectivity index (χ0) is 24.0. The molecule has 5 rings (SSSR count). The largest absolute Gasteiger partial charge is 0.478 e. The number of carboxylic acids is 1. The highest BCUT2D eigenvalue weighted by Gasteiger charge is 2.17. The van der Waals surface area contributed by atoms with Gasteiger partial charge in [0, 0.05) is 24.3 Å². The number of hydrazone groups is 1. The molecule has 10 nitrogen and oxygen atoms in total. The third kappa shape index (κ3) is 5.44. The van der Waals surface area contributed by atoms with Crippen LogP contribution in [0, 0.1) is 0 Å². The van der Waals surface area contributed by atoms with Gasteiger partial charge in [0.05, 0.1) is 11.8 Å². The van der Waals surface area contributed by atoms with Gasteiger partial charge < -0.3 is 19.7 Å². The molecule has 2 aromatic heterocycles. The molecular weight excluding hydrogens is 446 g/mol. The van der Waals surface area contributed by atoms with Crippen LogP contribution in [0.2, 0.25) is 0 Å². The summed E-state index contributed by atoms with van der Waals surface area (Å²) >= 11 is 0. The number of aromatic nitrogens is 3. The summed E-state index contributed by atoms with van der Waals surface area (Å²) in [6, 6.07) is 19.8. The van der Waals surface area contributed by atoms with Crippen molar-refractivity contribution in [2.75, 3.05) is 28.7 Å². The number of nitrogens with zero attached hydrogens (tertiary/aromatic N) is 5. The van der Waals surface area contributed by atoms with Crippen molar-refractivity contribution < 1.29 is 14.3 Å². The number of carbonyl (C=O) groups is 1. The number of hydrogen-bond donors (Lipinski definition) is 3. The van der Waals surface area contributed by atoms with Crippen LogP contribution in [0.1, 0.15) is 29.0 Å². The minimum atomic E-state index is -0.990. The molecule has 4 aromatic rings. The lowest BCUT2D eigenvalue weighted by molar-refractivity contribution is 0.0697. The Hall–Kier alpha value is -4.73. The monoisotopic (exact) mass is 469 g/mol. The second-order valence-electron chi connectivity index (χ2n) is 7.93. The van der Waals surface area contributed by atoms with Crippen molar-refractivity contribution in [3.8, 4) is 11.3 Å². The van der Waals surface area contributed by atoms with Crippen molar-refractivity contribution in [3.63, 3.8) is 0 Å². The molecule has 0 amide bonds. The smallest absolute Gasteiger partial charge is 0.335 e. The number of benzene rings is 2. The Bertz CT molecular complexity index is 1350. The number of anilines is 4. The fraction of sp³-hybridized carbons (Fsp3) is 0.160. The maximum atomic E-state index is 11.2. The normalized spacial score (nSPS) is 13.3. The summed E-state index contributed by atoms with van der Waals surface area (Å²) in [6.45, 7) is 1.80. The Kier molecular flexibility index (Phi) is 6.33. The highest BCUT2D eigenvalue weighted by Crippen LogP contribution is 2.23. The molecule has 1 aliphatic heterocycles. The van der Waals surface area contributed by atoms with Crippen molar-refractivity contribution in [3.05, 3.63) is 78.1 Å². The summed E-state index contributed by atoms with van der Waals surface area (Å²) in [5.41, 5.74) is 4.59. The van der Waals surface area contributed by atoms with Gasteiger partial charge in [-0.2, -0.15) is 20.1 Å². The van der Waals surface area contributed by atoms with E-state index in [9.17, 15) is 9.90 Å². The van der Waals surface area contributed by atoms with Crippen LogP contribution >= 0.6 is 0 Å². The van der Waals surface area contributed by atoms with Crippen LogP contribution in [0.15, 0.2) is 76.2 Å². The Labute approximate surface area is 201 Å². The maximum Gasteiger partial charge on any atom is 0.335 e. The molecule has 0 aliphatic carbocycles. The van der Waals surface area contributed by atoms with Crippen molar-refractivity contribution in [2.24, 2.45) is 5.10 Å². The third-order valence-electron chi connectivity index (χ3n) is 5.42. The Morgan fingerprint density at radius 3 is 2.57 bits per heavy atom. The average molecular weight is 470 g/mol. The number of rotatable bonds is 8. The summed E-state index contributed by atoms with van der Waals surface area (Å²) in [5, 5.41) is 16.6. The van der Waals surface area contributed by atoms with Gasteiger partial charge in [-0.05, 0) is 49.2 Å². The van der Waals surface area contributed by atoms with Gasteiger partial charge in [0.2, 0.25) is 17.8 Å². The highest BCUT2D eigenvalue weighted by atomic mass is 16.4. The Morgan fingerprint density at radius 1 is 0.971 bits per heavy atom. The van der Waals surface area contributed by atoms with Crippen molar-refractivity contribution in [2.45, 2.75) is 12.8 Å². The predicted molar refractivity (Wildman–Crippen MR) is 133 cm³/mol. The summed E-state index contributed by atoms with van der Waals surface area (Å²) in [6.07, 6.45) is 3.71. The quantitative estimate of drug-likeness (QED) is 0.250. The molecule has 0 spiro atoms. The zero-order valence-electron chi connectivity index (χ0n) is 18.8. The first-order valence-electron chi connectivity index (χ1n) is 11.2. The molecule has 10 heteroatoms. The van der Waals surface area contributed by atoms with E-state index in [-0.39, 0.29) is 5.56 Å². The van der Waals surface area contributed by atoms with Gasteiger partial charge in [-0.15, -0.1) is 0 Å². The van der Waals surface area contributed by atoms with E-state index in [0.717, 1.165) is 31.6 Å². The van der Waals surface area contributed by atoms with E-state index in [2.05, 4.69) is 35.7 Å². The van der Waals surface area contributed by atoms with E-state index in [4.69, 9.17) is 4.42 Å². The number of para-hydroxylation sites is 1. The number of carboxylic acid groups (broad SMARTS) is 1. The molecule has 3 heterocycles. The molecule has 0 saturated carbocycles. The second-order valence-corrected chi connectivity index (χ2v) is 7.93. The SMILES string of the molecule is O=C(O)c1cccc(-c2ccc(/C=N\Nc3nc(Nc4ccccc4)nc(N4CCCC4)n3)o2)c1. The molecule has 1 aliphatic rings. The van der Waals surface area contributed by atoms with E-state index in [0.29, 0.717) is 34.9 Å². The average Bonchev–Trinajstić information content (AvgIpc) is 3.58. The summed E-state index contributed by atoms with van der Waals surface area (Å²) < 4.78 is 5.79. The summed E-state index contributed by atoms with van der Waals surface area (Å²) in [5.74, 6) is 1.36. The van der Waals surface area contributed by atoms with Gasteiger partial charge >= 0.3 is 5.97 Å². The molecule has 1 fully saturated rings. The number of nitrogens with one attached hydrogen (secondary N) is 2. The molecule has 0 radical (unpaired) electrons. The van der Waals surface area contributed by atoms with Gasteiger partial charge in [0.25, 0.3) is 0 Å². The van der Waals surface area contributed by atoms with Gasteiger partial charge in [-0.3, -0.25) is 0 Å². The molecule has 2 aromatic carbocycles. The lowest BCUT2D eigenvalue weighted by Gasteiger charge is -2.16. The molecule has 0 bridgehead atoms. The fourth-order valence-corrected chi connectivity index (χ4v) is 3.72. The first kappa shape index (κ1) is 22.1. The minimum Gasteiger partial charge on any atom is -0.478 e. The van der Waals surface area contributed by atoms with E-state index < -0.39 is 5.97 Å². The summed E-state index contributed by atoms with van der Waals surface area (Å²) in [4.78, 5) is 26.9. The van der Waals surface area contributed by atoms with Crippen LogP contribution in [0.3, 0.4) is 0 Å². The van der Waals surface area contributed by atoms with Crippen LogP contribution < -0.4 is 15.6 Å². The Balaban J connectivity index is 1.33. The fourth-order valence-electron chi connectivity index (χ4n) is 3.72. The van der Waals surface area contributed by atoms with Gasteiger partial charge in [0.1, 0.15) is 11.5 Å². The van der Waals surface area contributed by atoms with E-state index in [1.807, 2.05) is 30.3 Å². The molecule has 0 atom stereocenters. The van der Waals surface area contributed by atoms with Crippen LogP contribution in [0.5, 0.6) is 0 Å². The van der Waals surface area contributed by atoms with Gasteiger partial charge in [-0.1, -0.05) is 30.3 Å². The van der Waals surface area contributed by atoms with Crippen LogP contribution in [-0.4, -0.2) is 45.3 Å². The number of hydrogen-bond acceptors (Lipinski definition) is 9. The summed E-state index contributed by atoms with van der Waals surface area (Å²) in [7, 11) is 0. The van der Waals surface area contributed by atoms with Crippen molar-refractivity contribution in [1.29, 1.82) is 0 Å². The van der Waals surface area contributed by atoms with E-state index >= 15 is 0 Å². The van der Waals surface area contributed by atoms with Crippen molar-refractivity contribution in [1.82, 2.24) is 15.0 Å². The Morgan fingerprint density at radius 2 is 1.77 bits per heavy atom. The van der Waals surface area contributed by atoms with Crippen molar-refractivity contribution >= 4 is 35.7 Å². The molecule has 176 valence electrons. The predicted octanol–water partition coefficient (Wildman–Crippen LogP) is 4.62. The standard InChI is InChI=1S/C25H23N7O3/c33-22(34)18-8-6-7-17(15-18)21-12-11-20(35-21)16-26-31-24-28-23(27-19-9-2-1-3-10-19)29-25(30-24)32-13-4-5-14-32/h1-3,6-12,15-16H,4-5,13-14H2,(H,33,34)(H2,27,28,29,30,31)/b26-16-. The van der Waals surface area contributed by atoms with Crippen LogP contribution in [0.25, 0.3) is 11.3 Å². The highest BCUT2D eigenvalue weighted by molar-refractivity contribution is 5.89. The number of furan rings is 1. The molecule has 35 heavy (non-hydrogen) atoms. The van der Waals surface area contributed by atoms with Crippen LogP contribution in [-0.2, 0) is 0 Å². The number of aromatic carboxylic acids is 1. The first-order valence-corrected chi connectivity index (χ1v) is 11.2. The lowest BCUT2D eigenvalue weighted by atomic mass is 10.1. The first-order chi connectivity index (χ1) is 17.1.